The first kappa shape index (κ1) is 18.7. The zero-order valence-corrected chi connectivity index (χ0v) is 14.8. The second kappa shape index (κ2) is 12.7. The van der Waals surface area contributed by atoms with Crippen molar-refractivity contribution in [2.24, 2.45) is 0 Å². The van der Waals surface area contributed by atoms with Crippen LogP contribution in [0.25, 0.3) is 0 Å². The van der Waals surface area contributed by atoms with Crippen molar-refractivity contribution < 1.29 is 0 Å². The summed E-state index contributed by atoms with van der Waals surface area (Å²) in [4.78, 5) is 0. The number of unbranched alkanes of at least 4 members (excludes halogenated alkanes) is 3. The van der Waals surface area contributed by atoms with Gasteiger partial charge in [-0.3, -0.25) is 0 Å². The number of nitrogens with one attached hydrogen (secondary N) is 2. The quantitative estimate of drug-likeness (QED) is 0.528. The number of rotatable bonds is 13. The molecule has 24 heavy (non-hydrogen) atoms. The van der Waals surface area contributed by atoms with Gasteiger partial charge in [0.05, 0.1) is 0 Å². The highest BCUT2D eigenvalue weighted by Crippen LogP contribution is 2.04. The van der Waals surface area contributed by atoms with Gasteiger partial charge in [-0.1, -0.05) is 67.1 Å². The third kappa shape index (κ3) is 8.85. The van der Waals surface area contributed by atoms with Crippen LogP contribution in [0, 0.1) is 0 Å². The summed E-state index contributed by atoms with van der Waals surface area (Å²) in [5.41, 5.74) is 2.83. The predicted octanol–water partition coefficient (Wildman–Crippen LogP) is 4.56. The average Bonchev–Trinajstić information content (AvgIpc) is 2.64. The molecule has 0 atom stereocenters. The Morgan fingerprint density at radius 3 is 1.71 bits per heavy atom. The van der Waals surface area contributed by atoms with E-state index in [9.17, 15) is 0 Å². The van der Waals surface area contributed by atoms with Crippen molar-refractivity contribution in [3.8, 4) is 0 Å². The highest BCUT2D eigenvalue weighted by Gasteiger charge is 1.94. The Hall–Kier alpha value is -1.64. The molecule has 2 aromatic rings. The first-order chi connectivity index (χ1) is 11.9. The van der Waals surface area contributed by atoms with Crippen LogP contribution < -0.4 is 10.6 Å². The van der Waals surface area contributed by atoms with Crippen molar-refractivity contribution in [3.05, 3.63) is 71.8 Å². The zero-order chi connectivity index (χ0) is 16.7. The molecule has 0 radical (unpaired) electrons. The molecule has 0 amide bonds. The van der Waals surface area contributed by atoms with Crippen LogP contribution in [0.5, 0.6) is 0 Å². The molecule has 2 aromatic carbocycles. The number of hydrogen-bond acceptors (Lipinski definition) is 2. The van der Waals surface area contributed by atoms with E-state index in [1.165, 1.54) is 49.7 Å². The average molecular weight is 325 g/mol. The van der Waals surface area contributed by atoms with Crippen molar-refractivity contribution >= 4 is 0 Å². The van der Waals surface area contributed by atoms with E-state index in [-0.39, 0.29) is 0 Å². The fourth-order valence-corrected chi connectivity index (χ4v) is 2.85. The fourth-order valence-electron chi connectivity index (χ4n) is 2.85. The maximum atomic E-state index is 3.57. The Balaban J connectivity index is 1.32. The number of hydrogen-bond donors (Lipinski definition) is 2. The maximum Gasteiger partial charge on any atom is 0.0205 e. The Morgan fingerprint density at radius 2 is 1.04 bits per heavy atom. The van der Waals surface area contributed by atoms with Crippen molar-refractivity contribution in [1.29, 1.82) is 0 Å². The van der Waals surface area contributed by atoms with E-state index < -0.39 is 0 Å². The minimum atomic E-state index is 0.987. The summed E-state index contributed by atoms with van der Waals surface area (Å²) in [6.45, 7) is 4.41. The Morgan fingerprint density at radius 1 is 0.500 bits per heavy atom. The SMILES string of the molecule is c1ccc(CCCCNCCCCCNCc2ccccc2)cc1. The highest BCUT2D eigenvalue weighted by molar-refractivity contribution is 5.15. The van der Waals surface area contributed by atoms with E-state index in [1.807, 2.05) is 0 Å². The monoisotopic (exact) mass is 324 g/mol. The Bertz CT molecular complexity index is 461. The molecule has 0 saturated carbocycles. The van der Waals surface area contributed by atoms with Crippen LogP contribution in [0.1, 0.15) is 43.2 Å². The van der Waals surface area contributed by atoms with Crippen LogP contribution in [0.3, 0.4) is 0 Å². The second-order valence-electron chi connectivity index (χ2n) is 6.42. The van der Waals surface area contributed by atoms with Crippen molar-refractivity contribution in [2.45, 2.75) is 45.1 Å². The Labute approximate surface area is 147 Å². The molecule has 2 heteroatoms. The van der Waals surface area contributed by atoms with Crippen LogP contribution in [-0.4, -0.2) is 19.6 Å². The molecule has 0 spiro atoms. The maximum absolute atomic E-state index is 3.57. The van der Waals surface area contributed by atoms with Crippen LogP contribution >= 0.6 is 0 Å². The smallest absolute Gasteiger partial charge is 0.0205 e. The van der Waals surface area contributed by atoms with Crippen molar-refractivity contribution in [3.63, 3.8) is 0 Å². The standard InChI is InChI=1S/C22H32N2/c1-4-12-21(13-5-1)14-8-11-18-23-17-9-3-10-19-24-20-22-15-6-2-7-16-22/h1-2,4-7,12-13,15-16,23-24H,3,8-11,14,17-20H2. The zero-order valence-electron chi connectivity index (χ0n) is 14.8. The number of aryl methyl sites for hydroxylation is 1. The van der Waals surface area contributed by atoms with Gasteiger partial charge in [0.2, 0.25) is 0 Å². The topological polar surface area (TPSA) is 24.1 Å². The van der Waals surface area contributed by atoms with Gasteiger partial charge in [-0.05, 0) is 62.9 Å². The van der Waals surface area contributed by atoms with Crippen molar-refractivity contribution in [2.75, 3.05) is 19.6 Å². The minimum Gasteiger partial charge on any atom is -0.317 e. The molecule has 0 aliphatic rings. The van der Waals surface area contributed by atoms with Crippen molar-refractivity contribution in [1.82, 2.24) is 10.6 Å². The predicted molar refractivity (Wildman–Crippen MR) is 104 cm³/mol. The lowest BCUT2D eigenvalue weighted by atomic mass is 10.1. The highest BCUT2D eigenvalue weighted by atomic mass is 14.9. The largest absolute Gasteiger partial charge is 0.317 e. The summed E-state index contributed by atoms with van der Waals surface area (Å²) < 4.78 is 0. The molecule has 130 valence electrons. The molecule has 2 rings (SSSR count). The molecule has 0 fully saturated rings. The molecule has 0 bridgehead atoms. The third-order valence-corrected chi connectivity index (χ3v) is 4.29. The van der Waals surface area contributed by atoms with Crippen LogP contribution in [0.15, 0.2) is 60.7 Å². The van der Waals surface area contributed by atoms with E-state index in [0.717, 1.165) is 26.2 Å². The number of benzene rings is 2. The summed E-state index contributed by atoms with van der Waals surface area (Å²) in [6, 6.07) is 21.4. The molecule has 0 aromatic heterocycles. The van der Waals surface area contributed by atoms with Crippen LogP contribution in [0.4, 0.5) is 0 Å². The van der Waals surface area contributed by atoms with Gasteiger partial charge in [0, 0.05) is 6.54 Å². The molecule has 0 aliphatic heterocycles. The van der Waals surface area contributed by atoms with E-state index in [4.69, 9.17) is 0 Å². The molecule has 0 aliphatic carbocycles. The summed E-state index contributed by atoms with van der Waals surface area (Å²) >= 11 is 0. The van der Waals surface area contributed by atoms with E-state index in [1.54, 1.807) is 0 Å². The molecule has 2 nitrogen and oxygen atoms in total. The fraction of sp³-hybridized carbons (Fsp3) is 0.455. The minimum absolute atomic E-state index is 0.987. The van der Waals surface area contributed by atoms with Crippen LogP contribution in [0.2, 0.25) is 0 Å². The van der Waals surface area contributed by atoms with E-state index in [0.29, 0.717) is 0 Å². The molecule has 0 heterocycles. The van der Waals surface area contributed by atoms with Gasteiger partial charge in [-0.2, -0.15) is 0 Å². The molecular weight excluding hydrogens is 292 g/mol. The van der Waals surface area contributed by atoms with Gasteiger partial charge < -0.3 is 10.6 Å². The van der Waals surface area contributed by atoms with Gasteiger partial charge in [-0.25, -0.2) is 0 Å². The normalized spacial score (nSPS) is 10.8. The van der Waals surface area contributed by atoms with Gasteiger partial charge in [-0.15, -0.1) is 0 Å². The molecular formula is C22H32N2. The second-order valence-corrected chi connectivity index (χ2v) is 6.42. The van der Waals surface area contributed by atoms with Gasteiger partial charge in [0.25, 0.3) is 0 Å². The van der Waals surface area contributed by atoms with E-state index in [2.05, 4.69) is 71.3 Å². The first-order valence-corrected chi connectivity index (χ1v) is 9.44. The molecule has 2 N–H and O–H groups in total. The van der Waals surface area contributed by atoms with Gasteiger partial charge in [0.1, 0.15) is 0 Å². The summed E-state index contributed by atoms with van der Waals surface area (Å²) in [5, 5.41) is 7.08. The summed E-state index contributed by atoms with van der Waals surface area (Å²) in [6.07, 6.45) is 7.61. The third-order valence-electron chi connectivity index (χ3n) is 4.29. The Kier molecular flexibility index (Phi) is 9.93. The summed E-state index contributed by atoms with van der Waals surface area (Å²) in [7, 11) is 0. The van der Waals surface area contributed by atoms with Gasteiger partial charge in [0.15, 0.2) is 0 Å². The molecule has 0 saturated heterocycles. The first-order valence-electron chi connectivity index (χ1n) is 9.44. The van der Waals surface area contributed by atoms with E-state index >= 15 is 0 Å². The molecule has 0 unspecified atom stereocenters. The lowest BCUT2D eigenvalue weighted by Gasteiger charge is -2.06. The van der Waals surface area contributed by atoms with Crippen LogP contribution in [-0.2, 0) is 13.0 Å². The lowest BCUT2D eigenvalue weighted by molar-refractivity contribution is 0.559. The lowest BCUT2D eigenvalue weighted by Crippen LogP contribution is -2.18. The van der Waals surface area contributed by atoms with Gasteiger partial charge >= 0.3 is 0 Å². The summed E-state index contributed by atoms with van der Waals surface area (Å²) in [5.74, 6) is 0.